The molecule has 9 aromatic carbocycles. The average molecular weight is 808 g/mol. The van der Waals surface area contributed by atoms with Gasteiger partial charge in [-0.2, -0.15) is 4.57 Å². The second-order valence-corrected chi connectivity index (χ2v) is 16.3. The maximum atomic E-state index is 5.27. The largest absolute Gasteiger partial charge is 0.307 e. The van der Waals surface area contributed by atoms with Gasteiger partial charge in [0.2, 0.25) is 0 Å². The summed E-state index contributed by atoms with van der Waals surface area (Å²) in [5.41, 5.74) is 15.6. The number of hydrogen-bond acceptors (Lipinski definition) is 1. The molecule has 13 rings (SSSR count). The highest BCUT2D eigenvalue weighted by molar-refractivity contribution is 6.24. The van der Waals surface area contributed by atoms with Crippen LogP contribution in [-0.2, 0) is 7.05 Å². The standard InChI is InChI=1S/C57H39N6/c1-59-52-28-16-17-29-53(52)63(43-24-12-5-13-25-43)57(59)39-31-35-50-47(37-39)45-33-32-44-46-36-38(56-58-48-26-14-15-27-51(48)62(56)42-22-10-4-11-23-42)30-34-49(46)60(40-18-6-2-7-19-40)54(44)55(45)61(50)41-20-8-3-9-21-41/h2-37H,1H3/q+1. The van der Waals surface area contributed by atoms with Crippen LogP contribution < -0.4 is 4.57 Å². The van der Waals surface area contributed by atoms with Crippen molar-refractivity contribution in [3.05, 3.63) is 218 Å². The Morgan fingerprint density at radius 1 is 0.349 bits per heavy atom. The number of imidazole rings is 2. The molecule has 4 aromatic heterocycles. The summed E-state index contributed by atoms with van der Waals surface area (Å²) in [4.78, 5) is 5.27. The molecule has 13 aromatic rings. The minimum Gasteiger partial charge on any atom is -0.307 e. The van der Waals surface area contributed by atoms with Gasteiger partial charge in [-0.05, 0) is 109 Å². The number of nitrogens with zero attached hydrogens (tertiary/aromatic N) is 6. The van der Waals surface area contributed by atoms with Gasteiger partial charge in [0.15, 0.2) is 11.0 Å². The Bertz CT molecular complexity index is 3890. The lowest BCUT2D eigenvalue weighted by Crippen LogP contribution is -2.30. The third kappa shape index (κ3) is 5.25. The molecule has 296 valence electrons. The van der Waals surface area contributed by atoms with Crippen molar-refractivity contribution in [2.24, 2.45) is 7.05 Å². The Hall–Kier alpha value is -8.48. The number of para-hydroxylation sites is 8. The molecular formula is C57H39N6+. The lowest BCUT2D eigenvalue weighted by Gasteiger charge is -2.12. The van der Waals surface area contributed by atoms with Gasteiger partial charge in [-0.3, -0.25) is 4.57 Å². The summed E-state index contributed by atoms with van der Waals surface area (Å²) >= 11 is 0. The lowest BCUT2D eigenvalue weighted by atomic mass is 10.1. The summed E-state index contributed by atoms with van der Waals surface area (Å²) in [5.74, 6) is 2.04. The van der Waals surface area contributed by atoms with Gasteiger partial charge in [-0.25, -0.2) is 9.55 Å². The molecular weight excluding hydrogens is 769 g/mol. The van der Waals surface area contributed by atoms with Gasteiger partial charge >= 0.3 is 0 Å². The third-order valence-electron chi connectivity index (χ3n) is 12.8. The molecule has 0 amide bonds. The van der Waals surface area contributed by atoms with Crippen LogP contribution in [0.1, 0.15) is 0 Å². The van der Waals surface area contributed by atoms with Gasteiger partial charge in [-0.1, -0.05) is 109 Å². The fourth-order valence-electron chi connectivity index (χ4n) is 10.1. The molecule has 6 heteroatoms. The first kappa shape index (κ1) is 35.3. The molecule has 0 unspecified atom stereocenters. The van der Waals surface area contributed by atoms with E-state index >= 15 is 0 Å². The van der Waals surface area contributed by atoms with E-state index in [0.717, 1.165) is 78.6 Å². The van der Waals surface area contributed by atoms with Gasteiger partial charge in [0.25, 0.3) is 5.82 Å². The summed E-state index contributed by atoms with van der Waals surface area (Å²) in [6, 6.07) is 78.5. The zero-order valence-electron chi connectivity index (χ0n) is 34.5. The fourth-order valence-corrected chi connectivity index (χ4v) is 10.1. The Balaban J connectivity index is 1.13. The molecule has 0 fully saturated rings. The zero-order chi connectivity index (χ0) is 41.6. The molecule has 0 saturated carbocycles. The van der Waals surface area contributed by atoms with E-state index in [2.05, 4.69) is 248 Å². The summed E-state index contributed by atoms with van der Waals surface area (Å²) in [6.45, 7) is 0. The number of fused-ring (bicyclic) bond motifs is 9. The monoisotopic (exact) mass is 807 g/mol. The SMILES string of the molecule is C[n+]1c(-c2ccc3c(c2)c2ccc4c5cc(-c6nc7ccccc7n6-c6ccccc6)ccc5n(-c5ccccc5)c4c2n3-c2ccccc2)n(-c2ccccc2)c2ccccc21. The summed E-state index contributed by atoms with van der Waals surface area (Å²) in [5, 5.41) is 4.74. The number of aromatic nitrogens is 6. The highest BCUT2D eigenvalue weighted by Crippen LogP contribution is 2.44. The van der Waals surface area contributed by atoms with E-state index in [0.29, 0.717) is 0 Å². The molecule has 0 atom stereocenters. The minimum atomic E-state index is 0.915. The quantitative estimate of drug-likeness (QED) is 0.154. The topological polar surface area (TPSA) is 36.5 Å². The first-order valence-corrected chi connectivity index (χ1v) is 21.5. The predicted octanol–water partition coefficient (Wildman–Crippen LogP) is 13.3. The van der Waals surface area contributed by atoms with E-state index < -0.39 is 0 Å². The van der Waals surface area contributed by atoms with E-state index in [1.807, 2.05) is 0 Å². The van der Waals surface area contributed by atoms with Gasteiger partial charge in [0, 0.05) is 44.2 Å². The summed E-state index contributed by atoms with van der Waals surface area (Å²) in [6.07, 6.45) is 0. The van der Waals surface area contributed by atoms with Crippen LogP contribution in [0.5, 0.6) is 0 Å². The Kier molecular flexibility index (Phi) is 7.72. The van der Waals surface area contributed by atoms with E-state index in [-0.39, 0.29) is 0 Å². The molecule has 6 nitrogen and oxygen atoms in total. The predicted molar refractivity (Wildman–Crippen MR) is 259 cm³/mol. The first-order valence-electron chi connectivity index (χ1n) is 21.5. The minimum absolute atomic E-state index is 0.915. The van der Waals surface area contributed by atoms with Crippen LogP contribution in [0.15, 0.2) is 218 Å². The molecule has 0 spiro atoms. The average Bonchev–Trinajstić information content (AvgIpc) is 4.09. The second-order valence-electron chi connectivity index (χ2n) is 16.3. The summed E-state index contributed by atoms with van der Waals surface area (Å²) < 4.78 is 11.9. The number of hydrogen-bond donors (Lipinski definition) is 0. The van der Waals surface area contributed by atoms with Crippen LogP contribution in [0.25, 0.3) is 111 Å². The van der Waals surface area contributed by atoms with Crippen molar-refractivity contribution < 1.29 is 4.57 Å². The third-order valence-corrected chi connectivity index (χ3v) is 12.8. The normalized spacial score (nSPS) is 11.9. The van der Waals surface area contributed by atoms with Crippen molar-refractivity contribution in [3.63, 3.8) is 0 Å². The highest BCUT2D eigenvalue weighted by Gasteiger charge is 2.28. The van der Waals surface area contributed by atoms with Crippen molar-refractivity contribution in [3.8, 4) is 45.5 Å². The van der Waals surface area contributed by atoms with E-state index in [1.54, 1.807) is 0 Å². The first-order chi connectivity index (χ1) is 31.2. The summed E-state index contributed by atoms with van der Waals surface area (Å²) in [7, 11) is 2.18. The van der Waals surface area contributed by atoms with E-state index in [4.69, 9.17) is 4.98 Å². The molecule has 0 bridgehead atoms. The zero-order valence-corrected chi connectivity index (χ0v) is 34.5. The molecule has 0 aliphatic carbocycles. The number of rotatable bonds is 6. The molecule has 0 aliphatic rings. The van der Waals surface area contributed by atoms with Crippen LogP contribution in [-0.4, -0.2) is 23.3 Å². The van der Waals surface area contributed by atoms with Crippen molar-refractivity contribution in [1.29, 1.82) is 0 Å². The Morgan fingerprint density at radius 2 is 0.794 bits per heavy atom. The van der Waals surface area contributed by atoms with Crippen LogP contribution in [0.2, 0.25) is 0 Å². The molecule has 0 N–H and O–H groups in total. The van der Waals surface area contributed by atoms with Crippen LogP contribution in [0, 0.1) is 0 Å². The molecule has 4 heterocycles. The van der Waals surface area contributed by atoms with Crippen molar-refractivity contribution in [2.45, 2.75) is 0 Å². The van der Waals surface area contributed by atoms with Crippen LogP contribution in [0.4, 0.5) is 0 Å². The van der Waals surface area contributed by atoms with Crippen LogP contribution in [0.3, 0.4) is 0 Å². The molecule has 0 aliphatic heterocycles. The molecule has 63 heavy (non-hydrogen) atoms. The lowest BCUT2D eigenvalue weighted by molar-refractivity contribution is -0.633. The maximum absolute atomic E-state index is 5.27. The fraction of sp³-hybridized carbons (Fsp3) is 0.0175. The van der Waals surface area contributed by atoms with Gasteiger partial charge < -0.3 is 9.13 Å². The molecule has 0 radical (unpaired) electrons. The highest BCUT2D eigenvalue weighted by atomic mass is 15.2. The van der Waals surface area contributed by atoms with Gasteiger partial charge in [0.1, 0.15) is 11.5 Å². The second kappa shape index (κ2) is 13.8. The van der Waals surface area contributed by atoms with Crippen molar-refractivity contribution >= 4 is 65.7 Å². The molecule has 0 saturated heterocycles. The van der Waals surface area contributed by atoms with Gasteiger partial charge in [0.05, 0.1) is 45.7 Å². The van der Waals surface area contributed by atoms with E-state index in [9.17, 15) is 0 Å². The van der Waals surface area contributed by atoms with Crippen molar-refractivity contribution in [1.82, 2.24) is 23.3 Å². The Morgan fingerprint density at radius 3 is 1.37 bits per heavy atom. The van der Waals surface area contributed by atoms with Crippen LogP contribution >= 0.6 is 0 Å². The van der Waals surface area contributed by atoms with Crippen molar-refractivity contribution in [2.75, 3.05) is 0 Å². The smallest absolute Gasteiger partial charge is 0.294 e. The van der Waals surface area contributed by atoms with Gasteiger partial charge in [-0.15, -0.1) is 0 Å². The van der Waals surface area contributed by atoms with E-state index in [1.165, 1.54) is 32.6 Å². The maximum Gasteiger partial charge on any atom is 0.294 e. The Labute approximate surface area is 363 Å². The number of benzene rings is 9. The number of aryl methyl sites for hydroxylation is 1.